The fraction of sp³-hybridized carbons (Fsp3) is 0.541. The molecule has 0 spiro atoms. The van der Waals surface area contributed by atoms with Gasteiger partial charge < -0.3 is 25.4 Å². The SMILES string of the molecule is C/C=C(/F)c1sc(N)c(C#N)c1/C(=C(\C)CC)c1c2c(c3cnc(N4CCCC4)nc3c1F)COC2.CCCCCN(C)CCC.CO. The number of ether oxygens (including phenoxy) is 1. The topological polar surface area (TPSA) is 112 Å². The van der Waals surface area contributed by atoms with Crippen LogP contribution < -0.4 is 10.6 Å². The molecule has 0 radical (unpaired) electrons. The number of nitrogens with two attached hydrogens (primary N) is 1. The molecule has 0 atom stereocenters. The summed E-state index contributed by atoms with van der Waals surface area (Å²) in [6, 6.07) is 2.13. The lowest BCUT2D eigenvalue weighted by Gasteiger charge is -2.20. The molecule has 0 unspecified atom stereocenters. The van der Waals surface area contributed by atoms with Crippen LogP contribution in [0.3, 0.4) is 0 Å². The lowest BCUT2D eigenvalue weighted by atomic mass is 9.85. The quantitative estimate of drug-likeness (QED) is 0.194. The van der Waals surface area contributed by atoms with E-state index < -0.39 is 11.6 Å². The number of thiophene rings is 1. The van der Waals surface area contributed by atoms with E-state index in [1.54, 1.807) is 13.1 Å². The molecular weight excluding hydrogens is 631 g/mol. The smallest absolute Gasteiger partial charge is 0.225 e. The van der Waals surface area contributed by atoms with Crippen molar-refractivity contribution in [1.29, 1.82) is 5.26 Å². The van der Waals surface area contributed by atoms with Crippen molar-refractivity contribution in [3.05, 3.63) is 56.4 Å². The zero-order valence-corrected chi connectivity index (χ0v) is 30.5. The van der Waals surface area contributed by atoms with Gasteiger partial charge in [0.25, 0.3) is 0 Å². The number of benzene rings is 1. The molecule has 262 valence electrons. The Kier molecular flexibility index (Phi) is 15.4. The first-order chi connectivity index (χ1) is 23.2. The average molecular weight is 683 g/mol. The fourth-order valence-electron chi connectivity index (χ4n) is 6.19. The van der Waals surface area contributed by atoms with Crippen molar-refractivity contribution in [2.24, 2.45) is 0 Å². The number of unbranched alkanes of at least 4 members (excludes halogenated alkanes) is 2. The molecule has 8 nitrogen and oxygen atoms in total. The number of nitrogen functional groups attached to an aromatic ring is 1. The van der Waals surface area contributed by atoms with Crippen molar-refractivity contribution in [2.75, 3.05) is 51.0 Å². The van der Waals surface area contributed by atoms with Crippen LogP contribution in [0.5, 0.6) is 0 Å². The number of aliphatic hydroxyl groups excluding tert-OH is 1. The van der Waals surface area contributed by atoms with Gasteiger partial charge >= 0.3 is 0 Å². The molecule has 0 saturated carbocycles. The van der Waals surface area contributed by atoms with Crippen LogP contribution in [-0.2, 0) is 18.0 Å². The Morgan fingerprint density at radius 2 is 1.81 bits per heavy atom. The third kappa shape index (κ3) is 8.58. The van der Waals surface area contributed by atoms with E-state index in [2.05, 4.69) is 46.7 Å². The maximum absolute atomic E-state index is 16.7. The van der Waals surface area contributed by atoms with Gasteiger partial charge in [-0.3, -0.25) is 0 Å². The van der Waals surface area contributed by atoms with Crippen LogP contribution in [0.25, 0.3) is 22.3 Å². The van der Waals surface area contributed by atoms with Gasteiger partial charge in [0.05, 0.1) is 23.7 Å². The summed E-state index contributed by atoms with van der Waals surface area (Å²) in [4.78, 5) is 13.9. The highest BCUT2D eigenvalue weighted by Crippen LogP contribution is 2.47. The zero-order valence-electron chi connectivity index (χ0n) is 29.7. The average Bonchev–Trinajstić information content (AvgIpc) is 3.88. The van der Waals surface area contributed by atoms with Crippen molar-refractivity contribution in [2.45, 2.75) is 92.8 Å². The van der Waals surface area contributed by atoms with E-state index in [0.717, 1.165) is 55.5 Å². The van der Waals surface area contributed by atoms with Crippen LogP contribution in [0.2, 0.25) is 0 Å². The van der Waals surface area contributed by atoms with Gasteiger partial charge in [-0.2, -0.15) is 5.26 Å². The number of allylic oxidation sites excluding steroid dienone is 2. The fourth-order valence-corrected chi connectivity index (χ4v) is 7.18. The van der Waals surface area contributed by atoms with Crippen molar-refractivity contribution < 1.29 is 18.6 Å². The number of aliphatic hydroxyl groups is 1. The lowest BCUT2D eigenvalue weighted by Crippen LogP contribution is -2.20. The van der Waals surface area contributed by atoms with Crippen molar-refractivity contribution in [1.82, 2.24) is 14.9 Å². The molecule has 3 aromatic rings. The monoisotopic (exact) mass is 682 g/mol. The summed E-state index contributed by atoms with van der Waals surface area (Å²) < 4.78 is 37.5. The Morgan fingerprint density at radius 1 is 1.12 bits per heavy atom. The maximum Gasteiger partial charge on any atom is 0.225 e. The standard InChI is InChI=1S/C27H27F2N5OS.C9H21N.CH4O/c1-4-14(3)20(22-15(10-30)26(31)36-25(22)19(28)5-2)21-18-13-35-12-17(18)16-11-32-27(33-24(16)23(21)29)34-8-6-7-9-34;1-4-6-7-9-10(3)8-5-2;1-2/h5,11H,4,6-9,12-13,31H2,1-3H3;4-9H2,1-3H3;2H,1H3/b19-5+,20-14+;;. The maximum atomic E-state index is 16.7. The molecular formula is C37H52F2N6O2S. The minimum absolute atomic E-state index is 0.155. The summed E-state index contributed by atoms with van der Waals surface area (Å²) in [6.07, 6.45) is 11.0. The highest BCUT2D eigenvalue weighted by Gasteiger charge is 2.32. The first-order valence-corrected chi connectivity index (χ1v) is 17.8. The van der Waals surface area contributed by atoms with Crippen LogP contribution >= 0.6 is 11.3 Å². The highest BCUT2D eigenvalue weighted by molar-refractivity contribution is 7.17. The first kappa shape index (κ1) is 39.0. The number of fused-ring (bicyclic) bond motifs is 3. The van der Waals surface area contributed by atoms with E-state index in [0.29, 0.717) is 46.6 Å². The van der Waals surface area contributed by atoms with Gasteiger partial charge in [0, 0.05) is 42.9 Å². The normalized spacial score (nSPS) is 14.7. The van der Waals surface area contributed by atoms with Gasteiger partial charge in [-0.25, -0.2) is 18.7 Å². The van der Waals surface area contributed by atoms with Crippen LogP contribution in [-0.4, -0.2) is 60.3 Å². The number of rotatable bonds is 11. The summed E-state index contributed by atoms with van der Waals surface area (Å²) in [7, 11) is 3.21. The van der Waals surface area contributed by atoms with Crippen molar-refractivity contribution in [3.8, 4) is 6.07 Å². The third-order valence-corrected chi connectivity index (χ3v) is 9.83. The number of nitriles is 1. The van der Waals surface area contributed by atoms with E-state index in [4.69, 9.17) is 15.6 Å². The molecule has 5 rings (SSSR count). The molecule has 11 heteroatoms. The van der Waals surface area contributed by atoms with Gasteiger partial charge in [0.1, 0.15) is 22.4 Å². The van der Waals surface area contributed by atoms with Gasteiger partial charge in [-0.05, 0) is 82.8 Å². The van der Waals surface area contributed by atoms with E-state index in [1.807, 2.05) is 13.8 Å². The number of halogens is 2. The highest BCUT2D eigenvalue weighted by atomic mass is 32.1. The van der Waals surface area contributed by atoms with Crippen molar-refractivity contribution in [3.63, 3.8) is 0 Å². The molecule has 0 amide bonds. The molecule has 1 fully saturated rings. The number of hydrogen-bond donors (Lipinski definition) is 2. The minimum atomic E-state index is -0.514. The molecule has 0 aliphatic carbocycles. The predicted octanol–water partition coefficient (Wildman–Crippen LogP) is 8.60. The Balaban J connectivity index is 0.000000449. The van der Waals surface area contributed by atoms with E-state index >= 15 is 8.78 Å². The zero-order chi connectivity index (χ0) is 35.4. The summed E-state index contributed by atoms with van der Waals surface area (Å²) in [5.74, 6) is -0.516. The number of aromatic nitrogens is 2. The van der Waals surface area contributed by atoms with Gasteiger partial charge in [-0.15, -0.1) is 11.3 Å². The molecule has 3 N–H and O–H groups in total. The van der Waals surface area contributed by atoms with Crippen LogP contribution in [0.1, 0.15) is 112 Å². The molecule has 1 saturated heterocycles. The summed E-state index contributed by atoms with van der Waals surface area (Å²) in [5.41, 5.74) is 9.97. The van der Waals surface area contributed by atoms with E-state index in [9.17, 15) is 5.26 Å². The third-order valence-electron chi connectivity index (χ3n) is 8.80. The number of anilines is 2. The predicted molar refractivity (Wildman–Crippen MR) is 195 cm³/mol. The Hall–Kier alpha value is -3.43. The minimum Gasteiger partial charge on any atom is -0.400 e. The van der Waals surface area contributed by atoms with Crippen molar-refractivity contribution >= 4 is 44.6 Å². The Morgan fingerprint density at radius 3 is 2.42 bits per heavy atom. The summed E-state index contributed by atoms with van der Waals surface area (Å²) in [6.45, 7) is 14.6. The second-order valence-corrected chi connectivity index (χ2v) is 13.1. The van der Waals surface area contributed by atoms with Crippen LogP contribution in [0.4, 0.5) is 19.7 Å². The van der Waals surface area contributed by atoms with E-state index in [-0.39, 0.29) is 27.6 Å². The molecule has 2 aliphatic heterocycles. The van der Waals surface area contributed by atoms with Crippen LogP contribution in [0.15, 0.2) is 17.8 Å². The van der Waals surface area contributed by atoms with E-state index in [1.165, 1.54) is 44.8 Å². The molecule has 2 aliphatic rings. The largest absolute Gasteiger partial charge is 0.400 e. The molecule has 0 bridgehead atoms. The van der Waals surface area contributed by atoms with Gasteiger partial charge in [-0.1, -0.05) is 45.3 Å². The summed E-state index contributed by atoms with van der Waals surface area (Å²) >= 11 is 1.00. The summed E-state index contributed by atoms with van der Waals surface area (Å²) in [5, 5.41) is 17.8. The second kappa shape index (κ2) is 18.9. The molecule has 48 heavy (non-hydrogen) atoms. The molecule has 2 aromatic heterocycles. The number of hydrogen-bond acceptors (Lipinski definition) is 9. The Bertz CT molecular complexity index is 1640. The first-order valence-electron chi connectivity index (χ1n) is 17.0. The Labute approximate surface area is 288 Å². The van der Waals surface area contributed by atoms with Gasteiger partial charge in [0.15, 0.2) is 5.82 Å². The molecule has 1 aromatic carbocycles. The number of nitrogens with zero attached hydrogens (tertiary/aromatic N) is 5. The van der Waals surface area contributed by atoms with Crippen LogP contribution in [0, 0.1) is 17.1 Å². The second-order valence-electron chi connectivity index (χ2n) is 12.1. The lowest BCUT2D eigenvalue weighted by molar-refractivity contribution is 0.134. The molecule has 4 heterocycles. The van der Waals surface area contributed by atoms with Gasteiger partial charge in [0.2, 0.25) is 5.95 Å².